The predicted molar refractivity (Wildman–Crippen MR) is 80.5 cm³/mol. The van der Waals surface area contributed by atoms with Gasteiger partial charge in [0.1, 0.15) is 6.20 Å². The summed E-state index contributed by atoms with van der Waals surface area (Å²) >= 11 is 5.90. The molecule has 1 aromatic rings. The van der Waals surface area contributed by atoms with Crippen LogP contribution in [0.15, 0.2) is 24.2 Å². The Balaban J connectivity index is 0.00000106. The topological polar surface area (TPSA) is 121 Å². The number of nitrogens with zero attached hydrogens (tertiary/aromatic N) is 3. The van der Waals surface area contributed by atoms with Crippen LogP contribution in [0.5, 0.6) is 0 Å². The van der Waals surface area contributed by atoms with Crippen LogP contribution in [0.3, 0.4) is 0 Å². The van der Waals surface area contributed by atoms with Gasteiger partial charge in [-0.25, -0.2) is 10.8 Å². The molecule has 21 heavy (non-hydrogen) atoms. The van der Waals surface area contributed by atoms with E-state index in [9.17, 15) is 10.1 Å². The first-order valence-electron chi connectivity index (χ1n) is 6.38. The SMILES string of the molecule is CC.N/C(=C\N(N)c1ncc([N+](=O)[O-])cc1Cl)C1COC1. The largest absolute Gasteiger partial charge is 0.400 e. The van der Waals surface area contributed by atoms with Crippen molar-refractivity contribution in [1.29, 1.82) is 0 Å². The summed E-state index contributed by atoms with van der Waals surface area (Å²) in [6.45, 7) is 5.11. The van der Waals surface area contributed by atoms with E-state index in [1.807, 2.05) is 13.8 Å². The molecule has 1 saturated heterocycles. The normalized spacial score (nSPS) is 14.8. The van der Waals surface area contributed by atoms with E-state index in [4.69, 9.17) is 27.9 Å². The number of halogens is 1. The van der Waals surface area contributed by atoms with Crippen LogP contribution in [-0.2, 0) is 4.74 Å². The molecule has 0 atom stereocenters. The molecule has 4 N–H and O–H groups in total. The van der Waals surface area contributed by atoms with Crippen LogP contribution < -0.4 is 16.6 Å². The summed E-state index contributed by atoms with van der Waals surface area (Å²) in [7, 11) is 0. The van der Waals surface area contributed by atoms with Crippen molar-refractivity contribution in [3.05, 3.63) is 39.3 Å². The van der Waals surface area contributed by atoms with Crippen LogP contribution in [0, 0.1) is 16.0 Å². The summed E-state index contributed by atoms with van der Waals surface area (Å²) in [5, 5.41) is 11.8. The molecule has 0 unspecified atom stereocenters. The van der Waals surface area contributed by atoms with E-state index >= 15 is 0 Å². The first kappa shape index (κ1) is 17.2. The third-order valence-electron chi connectivity index (χ3n) is 2.66. The minimum Gasteiger partial charge on any atom is -0.400 e. The predicted octanol–water partition coefficient (Wildman–Crippen LogP) is 1.80. The zero-order valence-electron chi connectivity index (χ0n) is 11.8. The van der Waals surface area contributed by atoms with Crippen LogP contribution >= 0.6 is 11.6 Å². The van der Waals surface area contributed by atoms with E-state index in [1.165, 1.54) is 12.3 Å². The molecule has 0 bridgehead atoms. The van der Waals surface area contributed by atoms with Gasteiger partial charge in [0.15, 0.2) is 5.82 Å². The lowest BCUT2D eigenvalue weighted by Gasteiger charge is -2.27. The number of nitrogens with two attached hydrogens (primary N) is 2. The molecule has 1 aromatic heterocycles. The molecule has 2 rings (SSSR count). The number of anilines is 1. The van der Waals surface area contributed by atoms with Gasteiger partial charge in [0.2, 0.25) is 0 Å². The molecular formula is C12H18ClN5O3. The Hall–Kier alpha value is -1.90. The summed E-state index contributed by atoms with van der Waals surface area (Å²) in [5.41, 5.74) is 6.17. The number of rotatable bonds is 4. The lowest BCUT2D eigenvalue weighted by atomic mass is 10.1. The van der Waals surface area contributed by atoms with Crippen LogP contribution in [0.1, 0.15) is 13.8 Å². The van der Waals surface area contributed by atoms with Crippen LogP contribution in [0.2, 0.25) is 5.02 Å². The average molecular weight is 316 g/mol. The second-order valence-electron chi connectivity index (χ2n) is 4.03. The third-order valence-corrected chi connectivity index (χ3v) is 2.94. The highest BCUT2D eigenvalue weighted by atomic mass is 35.5. The molecule has 0 aromatic carbocycles. The number of hydrogen-bond donors (Lipinski definition) is 2. The zero-order chi connectivity index (χ0) is 16.0. The van der Waals surface area contributed by atoms with Crippen LogP contribution in [0.4, 0.5) is 11.5 Å². The number of aromatic nitrogens is 1. The van der Waals surface area contributed by atoms with E-state index in [1.54, 1.807) is 0 Å². The minimum atomic E-state index is -0.584. The highest BCUT2D eigenvalue weighted by Crippen LogP contribution is 2.26. The molecule has 1 fully saturated rings. The molecule has 9 heteroatoms. The summed E-state index contributed by atoms with van der Waals surface area (Å²) in [5.74, 6) is 6.08. The van der Waals surface area contributed by atoms with E-state index in [0.717, 1.165) is 11.2 Å². The van der Waals surface area contributed by atoms with E-state index in [-0.39, 0.29) is 22.4 Å². The van der Waals surface area contributed by atoms with Crippen molar-refractivity contribution in [2.45, 2.75) is 13.8 Å². The Bertz CT molecular complexity index is 534. The summed E-state index contributed by atoms with van der Waals surface area (Å²) in [6.07, 6.45) is 2.56. The van der Waals surface area contributed by atoms with Crippen molar-refractivity contribution in [3.63, 3.8) is 0 Å². The van der Waals surface area contributed by atoms with Gasteiger partial charge < -0.3 is 10.5 Å². The van der Waals surface area contributed by atoms with Gasteiger partial charge in [-0.15, -0.1) is 0 Å². The van der Waals surface area contributed by atoms with E-state index < -0.39 is 4.92 Å². The molecular weight excluding hydrogens is 298 g/mol. The molecule has 2 heterocycles. The molecule has 0 radical (unpaired) electrons. The number of hydrogen-bond acceptors (Lipinski definition) is 7. The average Bonchev–Trinajstić information content (AvgIpc) is 2.38. The van der Waals surface area contributed by atoms with E-state index in [0.29, 0.717) is 18.9 Å². The maximum atomic E-state index is 10.6. The van der Waals surface area contributed by atoms with E-state index in [2.05, 4.69) is 4.98 Å². The van der Waals surface area contributed by atoms with Crippen molar-refractivity contribution in [2.24, 2.45) is 17.5 Å². The summed E-state index contributed by atoms with van der Waals surface area (Å²) < 4.78 is 5.01. The van der Waals surface area contributed by atoms with Crippen molar-refractivity contribution in [1.82, 2.24) is 4.98 Å². The molecule has 1 aliphatic heterocycles. The minimum absolute atomic E-state index is 0.0746. The zero-order valence-corrected chi connectivity index (χ0v) is 12.6. The number of pyridine rings is 1. The van der Waals surface area contributed by atoms with Crippen molar-refractivity contribution < 1.29 is 9.66 Å². The number of hydrazine groups is 1. The monoisotopic (exact) mass is 315 g/mol. The fraction of sp³-hybridized carbons (Fsp3) is 0.417. The Kier molecular flexibility index (Phi) is 6.35. The molecule has 0 saturated carbocycles. The Labute approximate surface area is 127 Å². The smallest absolute Gasteiger partial charge is 0.289 e. The molecule has 0 spiro atoms. The molecule has 0 aliphatic carbocycles. The highest BCUT2D eigenvalue weighted by molar-refractivity contribution is 6.33. The highest BCUT2D eigenvalue weighted by Gasteiger charge is 2.22. The van der Waals surface area contributed by atoms with Gasteiger partial charge in [0.05, 0.1) is 23.2 Å². The molecule has 0 amide bonds. The fourth-order valence-electron chi connectivity index (χ4n) is 1.47. The second kappa shape index (κ2) is 7.77. The number of nitro groups is 1. The standard InChI is InChI=1S/C10H12ClN5O3.C2H6/c11-8-1-7(16(17)18)2-14-10(8)15(13)3-9(12)6-4-19-5-6;1-2/h1-3,6H,4-5,12-13H2;1-2H3/b9-3-;. The van der Waals surface area contributed by atoms with Gasteiger partial charge in [-0.1, -0.05) is 25.4 Å². The maximum Gasteiger partial charge on any atom is 0.289 e. The Morgan fingerprint density at radius 1 is 1.62 bits per heavy atom. The van der Waals surface area contributed by atoms with Gasteiger partial charge in [-0.05, 0) is 0 Å². The lowest BCUT2D eigenvalue weighted by molar-refractivity contribution is -0.385. The van der Waals surface area contributed by atoms with Gasteiger partial charge in [-0.2, -0.15) is 0 Å². The van der Waals surface area contributed by atoms with Gasteiger partial charge in [0, 0.05) is 23.9 Å². The summed E-state index contributed by atoms with van der Waals surface area (Å²) in [4.78, 5) is 13.8. The van der Waals surface area contributed by atoms with Crippen molar-refractivity contribution in [3.8, 4) is 0 Å². The first-order chi connectivity index (χ1) is 9.99. The second-order valence-corrected chi connectivity index (χ2v) is 4.43. The maximum absolute atomic E-state index is 10.6. The summed E-state index contributed by atoms with van der Waals surface area (Å²) in [6, 6.07) is 1.18. The molecule has 8 nitrogen and oxygen atoms in total. The molecule has 1 aliphatic rings. The van der Waals surface area contributed by atoms with Crippen LogP contribution in [-0.4, -0.2) is 23.1 Å². The lowest BCUT2D eigenvalue weighted by Crippen LogP contribution is -2.35. The van der Waals surface area contributed by atoms with Crippen molar-refractivity contribution >= 4 is 23.1 Å². The van der Waals surface area contributed by atoms with Gasteiger partial charge in [0.25, 0.3) is 5.69 Å². The fourth-order valence-corrected chi connectivity index (χ4v) is 1.72. The Morgan fingerprint density at radius 2 is 2.24 bits per heavy atom. The first-order valence-corrected chi connectivity index (χ1v) is 6.75. The van der Waals surface area contributed by atoms with Gasteiger partial charge in [-0.3, -0.25) is 15.1 Å². The third kappa shape index (κ3) is 4.28. The van der Waals surface area contributed by atoms with Crippen LogP contribution in [0.25, 0.3) is 0 Å². The Morgan fingerprint density at radius 3 is 2.67 bits per heavy atom. The quantitative estimate of drug-likeness (QED) is 0.493. The molecule has 116 valence electrons. The number of ether oxygens (including phenoxy) is 1. The van der Waals surface area contributed by atoms with Crippen molar-refractivity contribution in [2.75, 3.05) is 18.2 Å². The van der Waals surface area contributed by atoms with Gasteiger partial charge >= 0.3 is 0 Å².